The number of ether oxygens (including phenoxy) is 1. The largest absolute Gasteiger partial charge is 0.378 e. The van der Waals surface area contributed by atoms with Gasteiger partial charge in [-0.1, -0.05) is 12.1 Å². The first-order valence-electron chi connectivity index (χ1n) is 6.24. The van der Waals surface area contributed by atoms with E-state index in [1.807, 2.05) is 4.68 Å². The van der Waals surface area contributed by atoms with Gasteiger partial charge < -0.3 is 4.74 Å². The van der Waals surface area contributed by atoms with E-state index in [2.05, 4.69) is 29.6 Å². The van der Waals surface area contributed by atoms with Crippen molar-refractivity contribution in [1.29, 1.82) is 0 Å². The maximum atomic E-state index is 5.70. The average molecular weight is 239 g/mol. The maximum Gasteiger partial charge on any atom is 0.0773 e. The predicted octanol–water partition coefficient (Wildman–Crippen LogP) is 0.617. The Balaban J connectivity index is 2.19. The van der Waals surface area contributed by atoms with Crippen LogP contribution in [0, 0.1) is 5.92 Å². The van der Waals surface area contributed by atoms with E-state index < -0.39 is 0 Å². The predicted molar refractivity (Wildman–Crippen MR) is 63.9 cm³/mol. The van der Waals surface area contributed by atoms with Gasteiger partial charge in [-0.05, 0) is 19.8 Å². The van der Waals surface area contributed by atoms with Crippen molar-refractivity contribution in [3.8, 4) is 0 Å². The molecule has 3 unspecified atom stereocenters. The molecule has 1 aromatic rings. The molecule has 3 atom stereocenters. The summed E-state index contributed by atoms with van der Waals surface area (Å²) in [6, 6.07) is 0.0639. The van der Waals surface area contributed by atoms with Gasteiger partial charge in [-0.2, -0.15) is 0 Å². The number of hydrogen-bond acceptors (Lipinski definition) is 5. The number of hydrogen-bond donors (Lipinski definition) is 2. The van der Waals surface area contributed by atoms with Crippen LogP contribution in [0.2, 0.25) is 0 Å². The minimum atomic E-state index is 0.0639. The first-order valence-corrected chi connectivity index (χ1v) is 6.24. The summed E-state index contributed by atoms with van der Waals surface area (Å²) in [5, 5.41) is 8.08. The van der Waals surface area contributed by atoms with Gasteiger partial charge in [0.25, 0.3) is 0 Å². The summed E-state index contributed by atoms with van der Waals surface area (Å²) in [5.41, 5.74) is 3.95. The van der Waals surface area contributed by atoms with Gasteiger partial charge in [0.2, 0.25) is 0 Å². The summed E-state index contributed by atoms with van der Waals surface area (Å²) >= 11 is 0. The van der Waals surface area contributed by atoms with Gasteiger partial charge in [0.1, 0.15) is 0 Å². The number of rotatable bonds is 5. The van der Waals surface area contributed by atoms with Crippen LogP contribution < -0.4 is 11.3 Å². The Bertz CT molecular complexity index is 353. The summed E-state index contributed by atoms with van der Waals surface area (Å²) in [5.74, 6) is 6.08. The van der Waals surface area contributed by atoms with Crippen LogP contribution in [0.25, 0.3) is 0 Å². The standard InChI is InChI=1S/C11H21N5O/c1-3-5-16-10(7-13-15-16)11(14-12)9-4-6-17-8(9)2/h7-9,11,14H,3-6,12H2,1-2H3. The molecular formula is C11H21N5O. The van der Waals surface area contributed by atoms with E-state index in [1.54, 1.807) is 6.20 Å². The molecule has 17 heavy (non-hydrogen) atoms. The van der Waals surface area contributed by atoms with Crippen molar-refractivity contribution in [2.45, 2.75) is 45.4 Å². The third kappa shape index (κ3) is 2.48. The molecule has 2 rings (SSSR count). The lowest BCUT2D eigenvalue weighted by Crippen LogP contribution is -2.37. The van der Waals surface area contributed by atoms with E-state index in [0.29, 0.717) is 5.92 Å². The highest BCUT2D eigenvalue weighted by Crippen LogP contribution is 2.32. The molecule has 1 aliphatic heterocycles. The molecule has 0 bridgehead atoms. The number of hydrazine groups is 1. The Hall–Kier alpha value is -0.980. The van der Waals surface area contributed by atoms with E-state index in [1.165, 1.54) is 0 Å². The molecule has 1 aromatic heterocycles. The van der Waals surface area contributed by atoms with E-state index in [0.717, 1.165) is 31.7 Å². The minimum absolute atomic E-state index is 0.0639. The molecule has 1 saturated heterocycles. The third-order valence-corrected chi connectivity index (χ3v) is 3.44. The van der Waals surface area contributed by atoms with Crippen molar-refractivity contribution < 1.29 is 4.74 Å². The first-order chi connectivity index (χ1) is 8.27. The lowest BCUT2D eigenvalue weighted by atomic mass is 9.92. The second kappa shape index (κ2) is 5.57. The Labute approximate surface area is 101 Å². The van der Waals surface area contributed by atoms with E-state index in [9.17, 15) is 0 Å². The van der Waals surface area contributed by atoms with Crippen LogP contribution in [0.5, 0.6) is 0 Å². The van der Waals surface area contributed by atoms with Crippen molar-refractivity contribution in [2.24, 2.45) is 11.8 Å². The number of aryl methyl sites for hydroxylation is 1. The molecule has 6 nitrogen and oxygen atoms in total. The van der Waals surface area contributed by atoms with Crippen LogP contribution in [0.15, 0.2) is 6.20 Å². The Morgan fingerprint density at radius 2 is 2.53 bits per heavy atom. The summed E-state index contributed by atoms with van der Waals surface area (Å²) in [6.45, 7) is 5.89. The normalized spacial score (nSPS) is 26.3. The van der Waals surface area contributed by atoms with E-state index >= 15 is 0 Å². The molecule has 0 aromatic carbocycles. The average Bonchev–Trinajstić information content (AvgIpc) is 2.92. The van der Waals surface area contributed by atoms with Crippen LogP contribution in [0.3, 0.4) is 0 Å². The second-order valence-electron chi connectivity index (χ2n) is 4.55. The fourth-order valence-electron chi connectivity index (χ4n) is 2.51. The lowest BCUT2D eigenvalue weighted by molar-refractivity contribution is 0.0942. The Morgan fingerprint density at radius 3 is 3.12 bits per heavy atom. The molecule has 6 heteroatoms. The topological polar surface area (TPSA) is 78.0 Å². The molecule has 0 saturated carbocycles. The van der Waals surface area contributed by atoms with Crippen molar-refractivity contribution in [3.63, 3.8) is 0 Å². The van der Waals surface area contributed by atoms with Crippen LogP contribution in [-0.2, 0) is 11.3 Å². The summed E-state index contributed by atoms with van der Waals surface area (Å²) in [6.07, 6.45) is 4.07. The number of aromatic nitrogens is 3. The molecule has 2 heterocycles. The minimum Gasteiger partial charge on any atom is -0.378 e. The summed E-state index contributed by atoms with van der Waals surface area (Å²) in [4.78, 5) is 0. The lowest BCUT2D eigenvalue weighted by Gasteiger charge is -2.25. The van der Waals surface area contributed by atoms with Crippen molar-refractivity contribution in [1.82, 2.24) is 20.4 Å². The smallest absolute Gasteiger partial charge is 0.0773 e. The van der Waals surface area contributed by atoms with E-state index in [-0.39, 0.29) is 12.1 Å². The van der Waals surface area contributed by atoms with Crippen molar-refractivity contribution >= 4 is 0 Å². The Morgan fingerprint density at radius 1 is 1.71 bits per heavy atom. The zero-order valence-electron chi connectivity index (χ0n) is 10.5. The third-order valence-electron chi connectivity index (χ3n) is 3.44. The molecular weight excluding hydrogens is 218 g/mol. The molecule has 3 N–H and O–H groups in total. The van der Waals surface area contributed by atoms with Gasteiger partial charge in [0, 0.05) is 19.1 Å². The maximum absolute atomic E-state index is 5.70. The molecule has 0 spiro atoms. The second-order valence-corrected chi connectivity index (χ2v) is 4.55. The van der Waals surface area contributed by atoms with Crippen LogP contribution in [0.1, 0.15) is 38.4 Å². The molecule has 96 valence electrons. The summed E-state index contributed by atoms with van der Waals surface area (Å²) < 4.78 is 7.53. The van der Waals surface area contributed by atoms with Gasteiger partial charge >= 0.3 is 0 Å². The first kappa shape index (κ1) is 12.5. The number of nitrogens with one attached hydrogen (secondary N) is 1. The molecule has 0 amide bonds. The van der Waals surface area contributed by atoms with Gasteiger partial charge in [0.05, 0.1) is 24.0 Å². The SMILES string of the molecule is CCCn1nncc1C(NN)C1CCOC1C. The van der Waals surface area contributed by atoms with Gasteiger partial charge in [-0.15, -0.1) is 5.10 Å². The fourth-order valence-corrected chi connectivity index (χ4v) is 2.51. The Kier molecular flexibility index (Phi) is 4.09. The molecule has 0 radical (unpaired) electrons. The molecule has 0 aliphatic carbocycles. The zero-order chi connectivity index (χ0) is 12.3. The van der Waals surface area contributed by atoms with Crippen molar-refractivity contribution in [3.05, 3.63) is 11.9 Å². The highest BCUT2D eigenvalue weighted by Gasteiger charge is 2.34. The summed E-state index contributed by atoms with van der Waals surface area (Å²) in [7, 11) is 0. The fraction of sp³-hybridized carbons (Fsp3) is 0.818. The van der Waals surface area contributed by atoms with Crippen LogP contribution in [0.4, 0.5) is 0 Å². The van der Waals surface area contributed by atoms with Gasteiger partial charge in [-0.3, -0.25) is 11.3 Å². The van der Waals surface area contributed by atoms with Gasteiger partial charge in [-0.25, -0.2) is 4.68 Å². The van der Waals surface area contributed by atoms with E-state index in [4.69, 9.17) is 10.6 Å². The molecule has 1 aliphatic rings. The van der Waals surface area contributed by atoms with Crippen molar-refractivity contribution in [2.75, 3.05) is 6.61 Å². The zero-order valence-corrected chi connectivity index (χ0v) is 10.5. The van der Waals surface area contributed by atoms with Crippen LogP contribution in [-0.4, -0.2) is 27.7 Å². The van der Waals surface area contributed by atoms with Crippen LogP contribution >= 0.6 is 0 Å². The number of nitrogens with two attached hydrogens (primary N) is 1. The quantitative estimate of drug-likeness (QED) is 0.581. The number of nitrogens with zero attached hydrogens (tertiary/aromatic N) is 3. The molecule has 1 fully saturated rings. The van der Waals surface area contributed by atoms with Gasteiger partial charge in [0.15, 0.2) is 0 Å². The highest BCUT2D eigenvalue weighted by atomic mass is 16.5. The highest BCUT2D eigenvalue weighted by molar-refractivity contribution is 5.06. The monoisotopic (exact) mass is 239 g/mol.